The molecule has 1 aromatic carbocycles. The Kier molecular flexibility index (Phi) is 8.73. The first-order chi connectivity index (χ1) is 16.6. The van der Waals surface area contributed by atoms with Crippen molar-refractivity contribution in [2.45, 2.75) is 97.0 Å². The number of hydrogen-bond donors (Lipinski definition) is 0. The van der Waals surface area contributed by atoms with Crippen molar-refractivity contribution >= 4 is 26.8 Å². The molecular formula is C27H44BNO5SSi. The molecule has 9 heteroatoms. The molecule has 1 aliphatic rings. The first-order valence-electron chi connectivity index (χ1n) is 12.9. The zero-order valence-electron chi connectivity index (χ0n) is 24.0. The Balaban J connectivity index is 1.88. The van der Waals surface area contributed by atoms with E-state index < -0.39 is 8.32 Å². The molecule has 0 radical (unpaired) electrons. The molecule has 0 saturated carbocycles. The predicted octanol–water partition coefficient (Wildman–Crippen LogP) is 7.42. The van der Waals surface area contributed by atoms with E-state index in [2.05, 4.69) is 66.9 Å². The highest BCUT2D eigenvalue weighted by Crippen LogP contribution is 2.42. The fourth-order valence-corrected chi connectivity index (χ4v) is 5.73. The summed E-state index contributed by atoms with van der Waals surface area (Å²) in [4.78, 5) is 5.06. The third kappa shape index (κ3) is 6.35. The van der Waals surface area contributed by atoms with Crippen LogP contribution in [0.4, 0.5) is 0 Å². The van der Waals surface area contributed by atoms with Gasteiger partial charge in [0.15, 0.2) is 19.8 Å². The Morgan fingerprint density at radius 1 is 1.08 bits per heavy atom. The molecule has 0 N–H and O–H groups in total. The second kappa shape index (κ2) is 10.8. The zero-order chi connectivity index (χ0) is 26.9. The zero-order valence-corrected chi connectivity index (χ0v) is 25.8. The van der Waals surface area contributed by atoms with Crippen molar-refractivity contribution in [3.8, 4) is 22.1 Å². The summed E-state index contributed by atoms with van der Waals surface area (Å²) in [6.45, 7) is 22.9. The van der Waals surface area contributed by atoms with Crippen LogP contribution in [-0.2, 0) is 13.7 Å². The number of methoxy groups -OCH3 is 1. The Morgan fingerprint density at radius 2 is 1.72 bits per heavy atom. The largest absolute Gasteiger partial charge is 0.493 e. The van der Waals surface area contributed by atoms with Gasteiger partial charge in [0.2, 0.25) is 0 Å². The molecular weight excluding hydrogens is 489 g/mol. The minimum Gasteiger partial charge on any atom is -0.493 e. The smallest absolute Gasteiger partial charge is 0.458 e. The number of ether oxygens (including phenoxy) is 2. The van der Waals surface area contributed by atoms with E-state index in [-0.39, 0.29) is 29.3 Å². The molecule has 6 nitrogen and oxygen atoms in total. The van der Waals surface area contributed by atoms with Crippen LogP contribution in [0.25, 0.3) is 10.6 Å². The van der Waals surface area contributed by atoms with E-state index >= 15 is 0 Å². The van der Waals surface area contributed by atoms with Crippen LogP contribution in [0, 0.1) is 0 Å². The van der Waals surface area contributed by atoms with Crippen LogP contribution < -0.4 is 9.47 Å². The van der Waals surface area contributed by atoms with Crippen LogP contribution in [0.1, 0.15) is 67.0 Å². The fourth-order valence-electron chi connectivity index (χ4n) is 3.78. The van der Waals surface area contributed by atoms with Crippen molar-refractivity contribution in [3.05, 3.63) is 29.3 Å². The number of hydrogen-bond acceptors (Lipinski definition) is 7. The Labute approximate surface area is 223 Å². The third-order valence-corrected chi connectivity index (χ3v) is 13.3. The monoisotopic (exact) mass is 533 g/mol. The molecule has 200 valence electrons. The normalized spacial score (nSPS) is 18.4. The summed E-state index contributed by atoms with van der Waals surface area (Å²) in [6.07, 6.45) is 0.692. The molecule has 0 aliphatic carbocycles. The molecule has 36 heavy (non-hydrogen) atoms. The number of thiazole rings is 1. The highest BCUT2D eigenvalue weighted by molar-refractivity contribution is 7.13. The van der Waals surface area contributed by atoms with Gasteiger partial charge in [0.05, 0.1) is 30.6 Å². The first-order valence-corrected chi connectivity index (χ1v) is 16.6. The maximum absolute atomic E-state index is 6.68. The molecule has 0 amide bonds. The van der Waals surface area contributed by atoms with Crippen molar-refractivity contribution in [2.75, 3.05) is 20.3 Å². The summed E-state index contributed by atoms with van der Waals surface area (Å²) in [6, 6.07) is 5.96. The number of rotatable bonds is 10. The van der Waals surface area contributed by atoms with E-state index in [0.717, 1.165) is 27.8 Å². The van der Waals surface area contributed by atoms with Crippen LogP contribution in [0.15, 0.2) is 23.6 Å². The van der Waals surface area contributed by atoms with Crippen LogP contribution in [0.3, 0.4) is 0 Å². The van der Waals surface area contributed by atoms with E-state index in [1.165, 1.54) is 0 Å². The standard InChI is InChI=1S/C27H44BNO5SSi/c1-12-31-23-15-19(13-14-22(23)30-9)24-29-21(18-35-24)20(17-32-36(10,11)25(2,3)4)16-28-33-26(5,6)27(7,8)34-28/h13-15,18,20H,12,16-17H2,1-11H3. The summed E-state index contributed by atoms with van der Waals surface area (Å²) in [5.41, 5.74) is 1.29. The van der Waals surface area contributed by atoms with E-state index in [4.69, 9.17) is 28.2 Å². The maximum Gasteiger partial charge on any atom is 0.458 e. The van der Waals surface area contributed by atoms with Gasteiger partial charge in [-0.1, -0.05) is 20.8 Å². The van der Waals surface area contributed by atoms with Crippen molar-refractivity contribution in [2.24, 2.45) is 0 Å². The van der Waals surface area contributed by atoms with Gasteiger partial charge in [0.1, 0.15) is 5.01 Å². The second-order valence-electron chi connectivity index (χ2n) is 12.1. The Morgan fingerprint density at radius 3 is 2.28 bits per heavy atom. The highest BCUT2D eigenvalue weighted by atomic mass is 32.1. The minimum atomic E-state index is -1.93. The molecule has 3 rings (SSSR count). The first kappa shape index (κ1) is 29.2. The van der Waals surface area contributed by atoms with Crippen LogP contribution >= 0.6 is 11.3 Å². The van der Waals surface area contributed by atoms with Crippen molar-refractivity contribution in [1.29, 1.82) is 0 Å². The van der Waals surface area contributed by atoms with Gasteiger partial charge in [-0.15, -0.1) is 11.3 Å². The average molecular weight is 534 g/mol. The second-order valence-corrected chi connectivity index (χ2v) is 17.7. The fraction of sp³-hybridized carbons (Fsp3) is 0.667. The van der Waals surface area contributed by atoms with Gasteiger partial charge >= 0.3 is 7.12 Å². The summed E-state index contributed by atoms with van der Waals surface area (Å²) in [5.74, 6) is 1.51. The topological polar surface area (TPSA) is 59.0 Å². The van der Waals surface area contributed by atoms with Gasteiger partial charge in [-0.3, -0.25) is 0 Å². The Hall–Kier alpha value is -1.39. The molecule has 1 aliphatic heterocycles. The molecule has 1 saturated heterocycles. The lowest BCUT2D eigenvalue weighted by Crippen LogP contribution is -2.42. The average Bonchev–Trinajstić information content (AvgIpc) is 3.32. The molecule has 2 heterocycles. The number of benzene rings is 1. The van der Waals surface area contributed by atoms with Gasteiger partial charge in [-0.05, 0) is 77.3 Å². The molecule has 1 atom stereocenters. The van der Waals surface area contributed by atoms with Crippen LogP contribution in [0.5, 0.6) is 11.5 Å². The lowest BCUT2D eigenvalue weighted by atomic mass is 9.76. The quantitative estimate of drug-likeness (QED) is 0.296. The van der Waals surface area contributed by atoms with E-state index in [1.807, 2.05) is 25.1 Å². The van der Waals surface area contributed by atoms with Gasteiger partial charge in [0.25, 0.3) is 0 Å². The van der Waals surface area contributed by atoms with Crippen LogP contribution in [0.2, 0.25) is 24.5 Å². The predicted molar refractivity (Wildman–Crippen MR) is 152 cm³/mol. The Bertz CT molecular complexity index is 1020. The SMILES string of the molecule is CCOc1cc(-c2nc(C(CO[Si](C)(C)C(C)(C)C)CB3OC(C)(C)C(C)(C)O3)cs2)ccc1OC. The molecule has 0 bridgehead atoms. The molecule has 0 spiro atoms. The van der Waals surface area contributed by atoms with Gasteiger partial charge in [-0.2, -0.15) is 0 Å². The maximum atomic E-state index is 6.68. The van der Waals surface area contributed by atoms with Crippen molar-refractivity contribution in [1.82, 2.24) is 4.98 Å². The van der Waals surface area contributed by atoms with Crippen LogP contribution in [-0.4, -0.2) is 51.9 Å². The summed E-state index contributed by atoms with van der Waals surface area (Å²) in [7, 11) is -0.586. The van der Waals surface area contributed by atoms with Gasteiger partial charge in [0, 0.05) is 23.5 Å². The van der Waals surface area contributed by atoms with Crippen molar-refractivity contribution in [3.63, 3.8) is 0 Å². The number of aromatic nitrogens is 1. The van der Waals surface area contributed by atoms with Gasteiger partial charge in [-0.25, -0.2) is 4.98 Å². The molecule has 1 unspecified atom stereocenters. The molecule has 1 fully saturated rings. The van der Waals surface area contributed by atoms with E-state index in [1.54, 1.807) is 18.4 Å². The van der Waals surface area contributed by atoms with Crippen molar-refractivity contribution < 1.29 is 23.2 Å². The summed E-state index contributed by atoms with van der Waals surface area (Å²) in [5, 5.41) is 3.22. The number of nitrogens with zero attached hydrogens (tertiary/aromatic N) is 1. The lowest BCUT2D eigenvalue weighted by molar-refractivity contribution is 0.00578. The summed E-state index contributed by atoms with van der Waals surface area (Å²) < 4.78 is 30.6. The van der Waals surface area contributed by atoms with E-state index in [9.17, 15) is 0 Å². The summed E-state index contributed by atoms with van der Waals surface area (Å²) >= 11 is 1.63. The highest BCUT2D eigenvalue weighted by Gasteiger charge is 2.51. The minimum absolute atomic E-state index is 0.0587. The van der Waals surface area contributed by atoms with Gasteiger partial charge < -0.3 is 23.2 Å². The third-order valence-electron chi connectivity index (χ3n) is 7.88. The molecule has 1 aromatic heterocycles. The molecule has 2 aromatic rings. The van der Waals surface area contributed by atoms with E-state index in [0.29, 0.717) is 19.5 Å². The lowest BCUT2D eigenvalue weighted by Gasteiger charge is -2.37.